The highest BCUT2D eigenvalue weighted by Gasteiger charge is 2.39. The van der Waals surface area contributed by atoms with E-state index < -0.39 is 0 Å². The third kappa shape index (κ3) is 2.51. The lowest BCUT2D eigenvalue weighted by atomic mass is 9.82. The van der Waals surface area contributed by atoms with E-state index in [2.05, 4.69) is 33.2 Å². The standard InChI is InChI=1S/C13H18BrN3O/c1-2-13(5-3-4-6-13)12(18)17-11-10(14)7-9(15)8-16-11/h7-8H,2-6,15H2,1H3,(H,16,17,18). The number of nitrogens with one attached hydrogen (secondary N) is 1. The van der Waals surface area contributed by atoms with Crippen LogP contribution in [0.15, 0.2) is 16.7 Å². The van der Waals surface area contributed by atoms with Gasteiger partial charge in [-0.05, 0) is 41.3 Å². The predicted molar refractivity (Wildman–Crippen MR) is 76.2 cm³/mol. The Hall–Kier alpha value is -1.10. The van der Waals surface area contributed by atoms with Crippen LogP contribution in [0.25, 0.3) is 0 Å². The zero-order chi connectivity index (χ0) is 13.2. The van der Waals surface area contributed by atoms with Crippen LogP contribution in [0.2, 0.25) is 0 Å². The summed E-state index contributed by atoms with van der Waals surface area (Å²) in [5.41, 5.74) is 6.00. The summed E-state index contributed by atoms with van der Waals surface area (Å²) in [6.07, 6.45) is 6.65. The molecule has 0 saturated heterocycles. The van der Waals surface area contributed by atoms with Gasteiger partial charge in [0.2, 0.25) is 5.91 Å². The van der Waals surface area contributed by atoms with Gasteiger partial charge in [0.25, 0.3) is 0 Å². The van der Waals surface area contributed by atoms with Gasteiger partial charge in [0, 0.05) is 5.41 Å². The Labute approximate surface area is 115 Å². The SMILES string of the molecule is CCC1(C(=O)Nc2ncc(N)cc2Br)CCCC1. The van der Waals surface area contributed by atoms with Crippen LogP contribution < -0.4 is 11.1 Å². The molecule has 1 saturated carbocycles. The van der Waals surface area contributed by atoms with Gasteiger partial charge in [-0.3, -0.25) is 4.79 Å². The molecule has 1 aliphatic rings. The van der Waals surface area contributed by atoms with Crippen molar-refractivity contribution in [2.45, 2.75) is 39.0 Å². The smallest absolute Gasteiger partial charge is 0.231 e. The first kappa shape index (κ1) is 13.3. The van der Waals surface area contributed by atoms with Crippen LogP contribution in [0.5, 0.6) is 0 Å². The van der Waals surface area contributed by atoms with Crippen molar-refractivity contribution in [1.82, 2.24) is 4.98 Å². The molecule has 2 rings (SSSR count). The first-order chi connectivity index (χ1) is 8.57. The van der Waals surface area contributed by atoms with Gasteiger partial charge in [-0.25, -0.2) is 4.98 Å². The maximum Gasteiger partial charge on any atom is 0.231 e. The quantitative estimate of drug-likeness (QED) is 0.899. The second-order valence-corrected chi connectivity index (χ2v) is 5.75. The molecule has 18 heavy (non-hydrogen) atoms. The molecule has 1 amide bonds. The number of nitrogens with zero attached hydrogens (tertiary/aromatic N) is 1. The Morgan fingerprint density at radius 3 is 2.78 bits per heavy atom. The number of pyridine rings is 1. The second kappa shape index (κ2) is 5.26. The van der Waals surface area contributed by atoms with Crippen molar-refractivity contribution in [2.75, 3.05) is 11.1 Å². The maximum absolute atomic E-state index is 12.4. The van der Waals surface area contributed by atoms with E-state index in [0.29, 0.717) is 11.5 Å². The van der Waals surface area contributed by atoms with Crippen molar-refractivity contribution >= 4 is 33.3 Å². The highest BCUT2D eigenvalue weighted by molar-refractivity contribution is 9.10. The Morgan fingerprint density at radius 2 is 2.22 bits per heavy atom. The molecule has 0 spiro atoms. The fourth-order valence-electron chi connectivity index (χ4n) is 2.58. The number of amides is 1. The third-order valence-electron chi connectivity index (χ3n) is 3.81. The summed E-state index contributed by atoms with van der Waals surface area (Å²) in [5, 5.41) is 2.92. The molecule has 0 radical (unpaired) electrons. The molecular weight excluding hydrogens is 294 g/mol. The van der Waals surface area contributed by atoms with Crippen LogP contribution in [0.3, 0.4) is 0 Å². The minimum Gasteiger partial charge on any atom is -0.397 e. The van der Waals surface area contributed by atoms with Crippen LogP contribution in [0.1, 0.15) is 39.0 Å². The molecule has 1 fully saturated rings. The number of rotatable bonds is 3. The zero-order valence-electron chi connectivity index (χ0n) is 10.5. The zero-order valence-corrected chi connectivity index (χ0v) is 12.1. The number of hydrogen-bond donors (Lipinski definition) is 2. The highest BCUT2D eigenvalue weighted by atomic mass is 79.9. The van der Waals surface area contributed by atoms with Crippen LogP contribution in [0.4, 0.5) is 11.5 Å². The third-order valence-corrected chi connectivity index (χ3v) is 4.42. The fraction of sp³-hybridized carbons (Fsp3) is 0.538. The first-order valence-electron chi connectivity index (χ1n) is 6.30. The van der Waals surface area contributed by atoms with Gasteiger partial charge in [-0.2, -0.15) is 0 Å². The normalized spacial score (nSPS) is 17.7. The minimum absolute atomic E-state index is 0.0838. The van der Waals surface area contributed by atoms with Crippen molar-refractivity contribution in [3.8, 4) is 0 Å². The minimum atomic E-state index is -0.206. The monoisotopic (exact) mass is 311 g/mol. The van der Waals surface area contributed by atoms with Crippen molar-refractivity contribution in [2.24, 2.45) is 5.41 Å². The molecule has 1 aliphatic carbocycles. The van der Waals surface area contributed by atoms with Crippen LogP contribution in [0, 0.1) is 5.41 Å². The second-order valence-electron chi connectivity index (χ2n) is 4.89. The molecule has 1 heterocycles. The van der Waals surface area contributed by atoms with E-state index in [-0.39, 0.29) is 11.3 Å². The molecule has 0 bridgehead atoms. The summed E-state index contributed by atoms with van der Waals surface area (Å²) < 4.78 is 0.722. The first-order valence-corrected chi connectivity index (χ1v) is 7.09. The lowest BCUT2D eigenvalue weighted by Crippen LogP contribution is -2.33. The topological polar surface area (TPSA) is 68.0 Å². The molecule has 4 nitrogen and oxygen atoms in total. The predicted octanol–water partition coefficient (Wildman–Crippen LogP) is 3.34. The van der Waals surface area contributed by atoms with Crippen molar-refractivity contribution in [3.05, 3.63) is 16.7 Å². The average Bonchev–Trinajstić information content (AvgIpc) is 2.82. The van der Waals surface area contributed by atoms with E-state index in [1.807, 2.05) is 0 Å². The average molecular weight is 312 g/mol. The molecular formula is C13H18BrN3O. The largest absolute Gasteiger partial charge is 0.397 e. The lowest BCUT2D eigenvalue weighted by molar-refractivity contribution is -0.125. The van der Waals surface area contributed by atoms with Crippen molar-refractivity contribution in [1.29, 1.82) is 0 Å². The summed E-state index contributed by atoms with van der Waals surface area (Å²) in [5.74, 6) is 0.634. The van der Waals surface area contributed by atoms with Crippen molar-refractivity contribution < 1.29 is 4.79 Å². The van der Waals surface area contributed by atoms with Gasteiger partial charge < -0.3 is 11.1 Å². The molecule has 1 aromatic rings. The van der Waals surface area contributed by atoms with Gasteiger partial charge in [0.05, 0.1) is 16.4 Å². The highest BCUT2D eigenvalue weighted by Crippen LogP contribution is 2.42. The number of nitrogens with two attached hydrogens (primary N) is 1. The number of halogens is 1. The summed E-state index contributed by atoms with van der Waals surface area (Å²) in [7, 11) is 0. The van der Waals surface area contributed by atoms with Gasteiger partial charge >= 0.3 is 0 Å². The molecule has 0 aliphatic heterocycles. The van der Waals surface area contributed by atoms with Gasteiger partial charge in [0.15, 0.2) is 0 Å². The van der Waals surface area contributed by atoms with Crippen LogP contribution in [-0.4, -0.2) is 10.9 Å². The Balaban J connectivity index is 2.15. The fourth-order valence-corrected chi connectivity index (χ4v) is 3.04. The summed E-state index contributed by atoms with van der Waals surface area (Å²) in [6.45, 7) is 2.08. The molecule has 0 aromatic carbocycles. The van der Waals surface area contributed by atoms with Gasteiger partial charge in [-0.15, -0.1) is 0 Å². The number of carbonyl (C=O) groups excluding carboxylic acids is 1. The Morgan fingerprint density at radius 1 is 1.56 bits per heavy atom. The molecule has 0 atom stereocenters. The summed E-state index contributed by atoms with van der Waals surface area (Å²) in [4.78, 5) is 16.6. The van der Waals surface area contributed by atoms with E-state index in [9.17, 15) is 4.79 Å². The van der Waals surface area contributed by atoms with E-state index in [0.717, 1.165) is 36.6 Å². The summed E-state index contributed by atoms with van der Waals surface area (Å²) >= 11 is 3.37. The lowest BCUT2D eigenvalue weighted by Gasteiger charge is -2.25. The maximum atomic E-state index is 12.4. The Kier molecular flexibility index (Phi) is 3.90. The van der Waals surface area contributed by atoms with E-state index in [4.69, 9.17) is 5.73 Å². The van der Waals surface area contributed by atoms with Crippen LogP contribution in [-0.2, 0) is 4.79 Å². The summed E-state index contributed by atoms with van der Waals surface area (Å²) in [6, 6.07) is 1.75. The molecule has 3 N–H and O–H groups in total. The van der Waals surface area contributed by atoms with Gasteiger partial charge in [-0.1, -0.05) is 19.8 Å². The number of anilines is 2. The van der Waals surface area contributed by atoms with E-state index >= 15 is 0 Å². The van der Waals surface area contributed by atoms with E-state index in [1.165, 1.54) is 0 Å². The van der Waals surface area contributed by atoms with E-state index in [1.54, 1.807) is 12.3 Å². The molecule has 0 unspecified atom stereocenters. The molecule has 1 aromatic heterocycles. The van der Waals surface area contributed by atoms with Crippen LogP contribution >= 0.6 is 15.9 Å². The number of carbonyl (C=O) groups is 1. The molecule has 98 valence electrons. The van der Waals surface area contributed by atoms with Crippen molar-refractivity contribution in [3.63, 3.8) is 0 Å². The number of nitrogen functional groups attached to an aromatic ring is 1. The number of hydrogen-bond acceptors (Lipinski definition) is 3. The van der Waals surface area contributed by atoms with Gasteiger partial charge in [0.1, 0.15) is 5.82 Å². The number of aromatic nitrogens is 1. The molecule has 5 heteroatoms. The Bertz CT molecular complexity index is 456.